The third kappa shape index (κ3) is 4.29. The summed E-state index contributed by atoms with van der Waals surface area (Å²) in [5, 5.41) is 3.59. The van der Waals surface area contributed by atoms with Gasteiger partial charge in [0, 0.05) is 13.1 Å². The molecule has 7 nitrogen and oxygen atoms in total. The van der Waals surface area contributed by atoms with Crippen LogP contribution >= 0.6 is 11.3 Å². The maximum Gasteiger partial charge on any atom is 0.185 e. The van der Waals surface area contributed by atoms with Crippen LogP contribution in [0.15, 0.2) is 35.8 Å². The molecule has 8 heteroatoms. The van der Waals surface area contributed by atoms with Gasteiger partial charge in [-0.1, -0.05) is 12.1 Å². The van der Waals surface area contributed by atoms with Crippen molar-refractivity contribution in [2.24, 2.45) is 5.92 Å². The summed E-state index contributed by atoms with van der Waals surface area (Å²) in [5.74, 6) is 3.80. The van der Waals surface area contributed by atoms with Gasteiger partial charge in [-0.15, -0.1) is 11.3 Å². The lowest BCUT2D eigenvalue weighted by Gasteiger charge is -2.35. The molecule has 0 bridgehead atoms. The van der Waals surface area contributed by atoms with Gasteiger partial charge in [-0.05, 0) is 50.0 Å². The van der Waals surface area contributed by atoms with Crippen LogP contribution in [0.4, 0.5) is 5.69 Å². The third-order valence-electron chi connectivity index (χ3n) is 6.26. The summed E-state index contributed by atoms with van der Waals surface area (Å²) in [4.78, 5) is 6.94. The Hall–Kier alpha value is -2.71. The van der Waals surface area contributed by atoms with Crippen LogP contribution in [0.1, 0.15) is 12.8 Å². The number of piperidine rings is 1. The SMILES string of the molecule is COc1c(NCC2CCN(CC3COc4ccccc4O3)CC2)cc2ncsc2c1OC. The van der Waals surface area contributed by atoms with Gasteiger partial charge in [-0.25, -0.2) is 4.98 Å². The number of fused-ring (bicyclic) bond motifs is 2. The van der Waals surface area contributed by atoms with Crippen LogP contribution in [0.2, 0.25) is 0 Å². The van der Waals surface area contributed by atoms with Gasteiger partial charge >= 0.3 is 0 Å². The Morgan fingerprint density at radius 2 is 1.91 bits per heavy atom. The van der Waals surface area contributed by atoms with Crippen molar-refractivity contribution in [2.75, 3.05) is 52.3 Å². The van der Waals surface area contributed by atoms with E-state index < -0.39 is 0 Å². The van der Waals surface area contributed by atoms with Gasteiger partial charge in [-0.3, -0.25) is 4.90 Å². The van der Waals surface area contributed by atoms with E-state index in [0.29, 0.717) is 12.5 Å². The molecule has 0 radical (unpaired) electrons. The molecule has 1 fully saturated rings. The van der Waals surface area contributed by atoms with Crippen molar-refractivity contribution in [2.45, 2.75) is 18.9 Å². The van der Waals surface area contributed by atoms with Crippen LogP contribution in [0.5, 0.6) is 23.0 Å². The van der Waals surface area contributed by atoms with Gasteiger partial charge in [0.15, 0.2) is 23.0 Å². The highest BCUT2D eigenvalue weighted by molar-refractivity contribution is 7.17. The molecule has 2 aliphatic heterocycles. The fourth-order valence-electron chi connectivity index (χ4n) is 4.54. The molecule has 5 rings (SSSR count). The summed E-state index contributed by atoms with van der Waals surface area (Å²) in [6.45, 7) is 4.55. The number of nitrogens with one attached hydrogen (secondary N) is 1. The van der Waals surface area contributed by atoms with E-state index in [1.807, 2.05) is 29.8 Å². The molecule has 170 valence electrons. The van der Waals surface area contributed by atoms with E-state index in [2.05, 4.69) is 21.3 Å². The van der Waals surface area contributed by atoms with Crippen molar-refractivity contribution in [1.82, 2.24) is 9.88 Å². The van der Waals surface area contributed by atoms with E-state index in [-0.39, 0.29) is 6.10 Å². The first-order valence-electron chi connectivity index (χ1n) is 11.1. The third-order valence-corrected chi connectivity index (χ3v) is 7.10. The Balaban J connectivity index is 1.14. The molecule has 1 atom stereocenters. The topological polar surface area (TPSA) is 65.1 Å². The standard InChI is InChI=1S/C24H29N3O4S/c1-28-22-18(11-19-24(23(22)29-2)32-15-26-19)25-12-16-7-9-27(10-8-16)13-17-14-30-20-5-3-4-6-21(20)31-17/h3-6,11,15-17,25H,7-10,12-14H2,1-2H3. The zero-order valence-electron chi connectivity index (χ0n) is 18.5. The summed E-state index contributed by atoms with van der Waals surface area (Å²) in [6, 6.07) is 9.95. The number of hydrogen-bond donors (Lipinski definition) is 1. The molecule has 1 unspecified atom stereocenters. The van der Waals surface area contributed by atoms with E-state index >= 15 is 0 Å². The predicted molar refractivity (Wildman–Crippen MR) is 127 cm³/mol. The van der Waals surface area contributed by atoms with E-state index in [1.165, 1.54) is 0 Å². The summed E-state index contributed by atoms with van der Waals surface area (Å²) < 4.78 is 24.3. The van der Waals surface area contributed by atoms with Crippen LogP contribution < -0.4 is 24.3 Å². The van der Waals surface area contributed by atoms with E-state index in [9.17, 15) is 0 Å². The number of aromatic nitrogens is 1. The molecule has 2 aliphatic rings. The molecule has 0 aliphatic carbocycles. The van der Waals surface area contributed by atoms with E-state index in [4.69, 9.17) is 18.9 Å². The molecule has 3 aromatic rings. The number of thiazole rings is 1. The smallest absolute Gasteiger partial charge is 0.185 e. The summed E-state index contributed by atoms with van der Waals surface area (Å²) >= 11 is 1.57. The van der Waals surface area contributed by atoms with E-state index in [0.717, 1.165) is 77.9 Å². The number of benzene rings is 2. The second-order valence-electron chi connectivity index (χ2n) is 8.31. The van der Waals surface area contributed by atoms with Crippen molar-refractivity contribution >= 4 is 27.2 Å². The van der Waals surface area contributed by atoms with Crippen molar-refractivity contribution in [3.63, 3.8) is 0 Å². The van der Waals surface area contributed by atoms with Crippen molar-refractivity contribution < 1.29 is 18.9 Å². The van der Waals surface area contributed by atoms with Crippen LogP contribution in [0.25, 0.3) is 10.2 Å². The molecular weight excluding hydrogens is 426 g/mol. The van der Waals surface area contributed by atoms with Gasteiger partial charge in [0.2, 0.25) is 0 Å². The average molecular weight is 456 g/mol. The highest BCUT2D eigenvalue weighted by Crippen LogP contribution is 2.43. The lowest BCUT2D eigenvalue weighted by atomic mass is 9.96. The van der Waals surface area contributed by atoms with Crippen LogP contribution in [-0.2, 0) is 0 Å². The highest BCUT2D eigenvalue weighted by atomic mass is 32.1. The van der Waals surface area contributed by atoms with Crippen molar-refractivity contribution in [3.05, 3.63) is 35.8 Å². The Kier molecular flexibility index (Phi) is 6.23. The largest absolute Gasteiger partial charge is 0.491 e. The van der Waals surface area contributed by atoms with Gasteiger partial charge in [0.05, 0.1) is 30.9 Å². The minimum atomic E-state index is 0.0844. The lowest BCUT2D eigenvalue weighted by Crippen LogP contribution is -2.44. The Bertz CT molecular complexity index is 1060. The molecule has 1 saturated heterocycles. The second kappa shape index (κ2) is 9.42. The maximum atomic E-state index is 6.13. The second-order valence-corrected chi connectivity index (χ2v) is 9.17. The lowest BCUT2D eigenvalue weighted by molar-refractivity contribution is 0.0485. The number of para-hydroxylation sites is 2. The highest BCUT2D eigenvalue weighted by Gasteiger charge is 2.26. The zero-order valence-corrected chi connectivity index (χ0v) is 19.3. The molecule has 2 aromatic carbocycles. The first kappa shape index (κ1) is 21.2. The van der Waals surface area contributed by atoms with Crippen LogP contribution in [0, 0.1) is 5.92 Å². The number of ether oxygens (including phenoxy) is 4. The van der Waals surface area contributed by atoms with Gasteiger partial charge in [0.1, 0.15) is 17.4 Å². The molecule has 1 aromatic heterocycles. The Morgan fingerprint density at radius 3 is 2.69 bits per heavy atom. The summed E-state index contributed by atoms with van der Waals surface area (Å²) in [6.07, 6.45) is 2.38. The van der Waals surface area contributed by atoms with Crippen molar-refractivity contribution in [3.8, 4) is 23.0 Å². The molecular formula is C24H29N3O4S. The van der Waals surface area contributed by atoms with E-state index in [1.54, 1.807) is 25.6 Å². The first-order chi connectivity index (χ1) is 15.7. The first-order valence-corrected chi connectivity index (χ1v) is 12.0. The normalized spacial score (nSPS) is 19.1. The number of rotatable bonds is 7. The molecule has 0 spiro atoms. The molecule has 0 amide bonds. The van der Waals surface area contributed by atoms with Crippen molar-refractivity contribution in [1.29, 1.82) is 0 Å². The number of nitrogens with zero attached hydrogens (tertiary/aromatic N) is 2. The maximum absolute atomic E-state index is 6.13. The van der Waals surface area contributed by atoms with Gasteiger partial charge in [0.25, 0.3) is 0 Å². The number of anilines is 1. The molecule has 32 heavy (non-hydrogen) atoms. The van der Waals surface area contributed by atoms with Crippen LogP contribution in [-0.4, -0.2) is 63.0 Å². The fraction of sp³-hybridized carbons (Fsp3) is 0.458. The summed E-state index contributed by atoms with van der Waals surface area (Å²) in [7, 11) is 3.36. The monoisotopic (exact) mass is 455 g/mol. The van der Waals surface area contributed by atoms with Gasteiger partial charge in [-0.2, -0.15) is 0 Å². The minimum absolute atomic E-state index is 0.0844. The molecule has 1 N–H and O–H groups in total. The zero-order chi connectivity index (χ0) is 21.9. The predicted octanol–water partition coefficient (Wildman–Crippen LogP) is 4.28. The average Bonchev–Trinajstić information content (AvgIpc) is 3.31. The van der Waals surface area contributed by atoms with Crippen LogP contribution in [0.3, 0.4) is 0 Å². The Morgan fingerprint density at radius 1 is 1.12 bits per heavy atom. The Labute approximate surface area is 192 Å². The number of likely N-dealkylation sites (tertiary alicyclic amines) is 1. The summed E-state index contributed by atoms with van der Waals surface area (Å²) in [5.41, 5.74) is 3.71. The number of methoxy groups -OCH3 is 2. The molecule has 3 heterocycles. The fourth-order valence-corrected chi connectivity index (χ4v) is 5.33. The number of hydrogen-bond acceptors (Lipinski definition) is 8. The minimum Gasteiger partial charge on any atom is -0.491 e. The molecule has 0 saturated carbocycles. The van der Waals surface area contributed by atoms with Gasteiger partial charge < -0.3 is 24.3 Å². The quantitative estimate of drug-likeness (QED) is 0.571.